The van der Waals surface area contributed by atoms with Crippen LogP contribution in [-0.2, 0) is 0 Å². The van der Waals surface area contributed by atoms with Crippen molar-refractivity contribution in [2.45, 2.75) is 0 Å². The van der Waals surface area contributed by atoms with Crippen molar-refractivity contribution in [3.63, 3.8) is 0 Å². The third kappa shape index (κ3) is 1.73. The molecular formula is C13H11N3O. The Morgan fingerprint density at radius 2 is 1.94 bits per heavy atom. The summed E-state index contributed by atoms with van der Waals surface area (Å²) in [6.07, 6.45) is 13.0. The molecule has 0 aromatic carbocycles. The first-order valence-electron chi connectivity index (χ1n) is 5.30. The van der Waals surface area contributed by atoms with E-state index in [9.17, 15) is 0 Å². The second-order valence-corrected chi connectivity index (χ2v) is 3.95. The van der Waals surface area contributed by atoms with Gasteiger partial charge in [0.05, 0.1) is 5.71 Å². The van der Waals surface area contributed by atoms with Gasteiger partial charge in [-0.1, -0.05) is 0 Å². The maximum atomic E-state index is 7.53. The van der Waals surface area contributed by atoms with Gasteiger partial charge in [0.25, 0.3) is 0 Å². The SMILES string of the molecule is CN1C=CC(=c2nc3c(o2)=CC(=N)C=C3)C=C1. The minimum absolute atomic E-state index is 0.430. The molecule has 0 bridgehead atoms. The highest BCUT2D eigenvalue weighted by molar-refractivity contribution is 6.18. The molecular weight excluding hydrogens is 214 g/mol. The van der Waals surface area contributed by atoms with Crippen LogP contribution in [0.15, 0.2) is 35.0 Å². The normalized spacial score (nSPS) is 17.4. The summed E-state index contributed by atoms with van der Waals surface area (Å²) >= 11 is 0. The molecule has 3 rings (SSSR count). The number of nitrogens with one attached hydrogen (secondary N) is 1. The van der Waals surface area contributed by atoms with Gasteiger partial charge in [-0.15, -0.1) is 0 Å². The average molecular weight is 225 g/mol. The van der Waals surface area contributed by atoms with E-state index in [1.807, 2.05) is 36.5 Å². The van der Waals surface area contributed by atoms with Crippen LogP contribution in [0.1, 0.15) is 5.69 Å². The fraction of sp³-hybridized carbons (Fsp3) is 0.0769. The van der Waals surface area contributed by atoms with Gasteiger partial charge in [0, 0.05) is 31.1 Å². The molecule has 2 aliphatic rings. The van der Waals surface area contributed by atoms with Crippen LogP contribution in [0.5, 0.6) is 0 Å². The molecule has 2 heterocycles. The number of rotatable bonds is 0. The lowest BCUT2D eigenvalue weighted by Crippen LogP contribution is -2.10. The number of hydrogen-bond donors (Lipinski definition) is 1. The Kier molecular flexibility index (Phi) is 2.08. The van der Waals surface area contributed by atoms with E-state index in [-0.39, 0.29) is 0 Å². The van der Waals surface area contributed by atoms with Crippen molar-refractivity contribution in [1.29, 1.82) is 5.41 Å². The van der Waals surface area contributed by atoms with E-state index in [4.69, 9.17) is 9.83 Å². The predicted molar refractivity (Wildman–Crippen MR) is 66.4 cm³/mol. The largest absolute Gasteiger partial charge is 0.436 e. The standard InChI is InChI=1S/C13H11N3O/c1-16-6-4-9(5-7-16)13-15-11-3-2-10(14)8-12(11)17-13/h2-8,14H,1H3. The second kappa shape index (κ2) is 3.59. The molecule has 0 radical (unpaired) electrons. The molecule has 4 heteroatoms. The van der Waals surface area contributed by atoms with Gasteiger partial charge in [0.1, 0.15) is 5.69 Å². The maximum Gasteiger partial charge on any atom is 0.227 e. The molecule has 0 fully saturated rings. The molecule has 1 aromatic rings. The van der Waals surface area contributed by atoms with Gasteiger partial charge in [-0.25, -0.2) is 4.98 Å². The summed E-state index contributed by atoms with van der Waals surface area (Å²) in [5.41, 5.74) is 3.39. The smallest absolute Gasteiger partial charge is 0.227 e. The van der Waals surface area contributed by atoms with Crippen LogP contribution >= 0.6 is 0 Å². The zero-order chi connectivity index (χ0) is 11.8. The Morgan fingerprint density at radius 3 is 2.71 bits per heavy atom. The molecule has 17 heavy (non-hydrogen) atoms. The number of nitrogens with zero attached hydrogens (tertiary/aromatic N) is 2. The summed E-state index contributed by atoms with van der Waals surface area (Å²) in [7, 11) is 1.96. The van der Waals surface area contributed by atoms with Crippen LogP contribution in [0.2, 0.25) is 0 Å². The zero-order valence-corrected chi connectivity index (χ0v) is 9.34. The topological polar surface area (TPSA) is 53.1 Å². The van der Waals surface area contributed by atoms with E-state index < -0.39 is 0 Å². The number of oxazole rings is 1. The third-order valence-electron chi connectivity index (χ3n) is 2.61. The molecule has 0 saturated carbocycles. The molecule has 1 N–H and O–H groups in total. The monoisotopic (exact) mass is 225 g/mol. The van der Waals surface area contributed by atoms with Crippen LogP contribution in [0.4, 0.5) is 0 Å². The summed E-state index contributed by atoms with van der Waals surface area (Å²) in [5.74, 6) is 0. The molecule has 0 saturated heterocycles. The van der Waals surface area contributed by atoms with Crippen molar-refractivity contribution >= 4 is 23.4 Å². The summed E-state index contributed by atoms with van der Waals surface area (Å²) < 4.78 is 5.63. The number of aromatic nitrogens is 1. The summed E-state index contributed by atoms with van der Waals surface area (Å²) in [6.45, 7) is 0. The lowest BCUT2D eigenvalue weighted by atomic mass is 10.2. The van der Waals surface area contributed by atoms with Crippen molar-refractivity contribution in [3.05, 3.63) is 47.3 Å². The Morgan fingerprint density at radius 1 is 1.18 bits per heavy atom. The molecule has 1 aliphatic carbocycles. The minimum Gasteiger partial charge on any atom is -0.436 e. The van der Waals surface area contributed by atoms with Gasteiger partial charge in [0.2, 0.25) is 5.55 Å². The fourth-order valence-electron chi connectivity index (χ4n) is 1.69. The lowest BCUT2D eigenvalue weighted by molar-refractivity contribution is 0.489. The van der Waals surface area contributed by atoms with Gasteiger partial charge >= 0.3 is 0 Å². The van der Waals surface area contributed by atoms with Crippen molar-refractivity contribution < 1.29 is 4.42 Å². The molecule has 0 spiro atoms. The molecule has 0 atom stereocenters. The summed E-state index contributed by atoms with van der Waals surface area (Å²) in [6, 6.07) is 0. The molecule has 0 unspecified atom stereocenters. The highest BCUT2D eigenvalue weighted by Gasteiger charge is 2.07. The van der Waals surface area contributed by atoms with Crippen molar-refractivity contribution in [1.82, 2.24) is 9.88 Å². The van der Waals surface area contributed by atoms with E-state index in [0.29, 0.717) is 16.7 Å². The number of allylic oxidation sites excluding steroid dienone is 3. The first-order valence-corrected chi connectivity index (χ1v) is 5.30. The Balaban J connectivity index is 2.19. The van der Waals surface area contributed by atoms with E-state index in [2.05, 4.69) is 4.98 Å². The summed E-state index contributed by atoms with van der Waals surface area (Å²) in [4.78, 5) is 6.35. The van der Waals surface area contributed by atoms with Crippen LogP contribution in [-0.4, -0.2) is 22.6 Å². The Bertz CT molecular complexity index is 673. The molecule has 1 aromatic heterocycles. The summed E-state index contributed by atoms with van der Waals surface area (Å²) in [5, 5.41) is 7.53. The Labute approximate surface area is 98.1 Å². The molecule has 1 aliphatic heterocycles. The van der Waals surface area contributed by atoms with E-state index >= 15 is 0 Å². The van der Waals surface area contributed by atoms with Gasteiger partial charge in [0.15, 0.2) is 5.42 Å². The van der Waals surface area contributed by atoms with Crippen molar-refractivity contribution in [2.75, 3.05) is 7.05 Å². The number of hydrogen-bond acceptors (Lipinski definition) is 4. The predicted octanol–water partition coefficient (Wildman–Crippen LogP) is 0.625. The van der Waals surface area contributed by atoms with Gasteiger partial charge in [-0.3, -0.25) is 0 Å². The lowest BCUT2D eigenvalue weighted by Gasteiger charge is -2.10. The van der Waals surface area contributed by atoms with E-state index in [0.717, 1.165) is 11.3 Å². The highest BCUT2D eigenvalue weighted by Crippen LogP contribution is 2.06. The van der Waals surface area contributed by atoms with Crippen LogP contribution in [0, 0.1) is 5.41 Å². The second-order valence-electron chi connectivity index (χ2n) is 3.95. The number of fused-ring (bicyclic) bond motifs is 1. The van der Waals surface area contributed by atoms with Gasteiger partial charge in [-0.05, 0) is 24.3 Å². The zero-order valence-electron chi connectivity index (χ0n) is 9.34. The average Bonchev–Trinajstić information content (AvgIpc) is 2.72. The van der Waals surface area contributed by atoms with E-state index in [1.54, 1.807) is 18.2 Å². The van der Waals surface area contributed by atoms with Crippen LogP contribution in [0.3, 0.4) is 0 Å². The van der Waals surface area contributed by atoms with Crippen molar-refractivity contribution in [2.24, 2.45) is 0 Å². The molecule has 4 nitrogen and oxygen atoms in total. The van der Waals surface area contributed by atoms with Crippen LogP contribution in [0.25, 0.3) is 17.7 Å². The Hall–Kier alpha value is -2.36. The third-order valence-corrected chi connectivity index (χ3v) is 2.61. The highest BCUT2D eigenvalue weighted by atomic mass is 16.3. The quantitative estimate of drug-likeness (QED) is 0.704. The van der Waals surface area contributed by atoms with E-state index in [1.165, 1.54) is 0 Å². The van der Waals surface area contributed by atoms with Gasteiger partial charge in [-0.2, -0.15) is 0 Å². The van der Waals surface area contributed by atoms with Crippen molar-refractivity contribution in [3.8, 4) is 0 Å². The first kappa shape index (κ1) is 9.84. The van der Waals surface area contributed by atoms with Gasteiger partial charge < -0.3 is 14.7 Å². The maximum absolute atomic E-state index is 7.53. The first-order chi connectivity index (χ1) is 8.22. The van der Waals surface area contributed by atoms with Crippen LogP contribution < -0.4 is 11.0 Å². The molecule has 84 valence electrons. The minimum atomic E-state index is 0.430. The fourth-order valence-corrected chi connectivity index (χ4v) is 1.69. The molecule has 0 amide bonds.